The van der Waals surface area contributed by atoms with E-state index in [1.54, 1.807) is 0 Å². The first-order valence-corrected chi connectivity index (χ1v) is 13.7. The van der Waals surface area contributed by atoms with Crippen LogP contribution in [0.3, 0.4) is 0 Å². The number of hydrogen-bond donors (Lipinski definition) is 1. The molecule has 0 fully saturated rings. The summed E-state index contributed by atoms with van der Waals surface area (Å²) in [6.45, 7) is 0.190. The van der Waals surface area contributed by atoms with Crippen molar-refractivity contribution in [2.24, 2.45) is 0 Å². The molecule has 41 heavy (non-hydrogen) atoms. The van der Waals surface area contributed by atoms with Crippen molar-refractivity contribution < 1.29 is 14.3 Å². The average Bonchev–Trinajstić information content (AvgIpc) is 3.05. The first-order valence-electron chi connectivity index (χ1n) is 13.7. The lowest BCUT2D eigenvalue weighted by molar-refractivity contribution is -0.177. The smallest absolute Gasteiger partial charge is 0.345 e. The Kier molecular flexibility index (Phi) is 7.48. The van der Waals surface area contributed by atoms with E-state index in [0.29, 0.717) is 5.56 Å². The Balaban J connectivity index is 1.54. The van der Waals surface area contributed by atoms with Gasteiger partial charge >= 0.3 is 5.97 Å². The molecule has 6 rings (SSSR count). The fourth-order valence-electron chi connectivity index (χ4n) is 5.67. The Morgan fingerprint density at radius 1 is 0.683 bits per heavy atom. The standard InChI is InChI=1S/C37H31NO3/c1-40-36(39)37(30-18-7-3-8-19-30,35(27-15-5-2-6-16-27)38-31-20-9-4-10-21-31)41-26-29-25-28-17-11-12-22-32(28)34-24-14-13-23-33(29)34/h2-25,35,38H,26H2,1H3/t35-,37-/m0/s1. The number of methoxy groups -OCH3 is 1. The maximum atomic E-state index is 14.1. The van der Waals surface area contributed by atoms with Crippen molar-refractivity contribution in [3.05, 3.63) is 162 Å². The molecule has 0 saturated carbocycles. The summed E-state index contributed by atoms with van der Waals surface area (Å²) >= 11 is 0. The van der Waals surface area contributed by atoms with Gasteiger partial charge in [-0.15, -0.1) is 0 Å². The molecule has 0 aliphatic carbocycles. The van der Waals surface area contributed by atoms with Crippen molar-refractivity contribution in [1.82, 2.24) is 0 Å². The third-order valence-corrected chi connectivity index (χ3v) is 7.62. The zero-order valence-electron chi connectivity index (χ0n) is 22.9. The Labute approximate surface area is 240 Å². The molecule has 0 aromatic heterocycles. The normalized spacial score (nSPS) is 13.4. The summed E-state index contributed by atoms with van der Waals surface area (Å²) in [5.41, 5.74) is 1.95. The number of anilines is 1. The fourth-order valence-corrected chi connectivity index (χ4v) is 5.67. The zero-order valence-corrected chi connectivity index (χ0v) is 22.9. The molecule has 0 aliphatic rings. The topological polar surface area (TPSA) is 47.6 Å². The van der Waals surface area contributed by atoms with Crippen molar-refractivity contribution in [3.63, 3.8) is 0 Å². The van der Waals surface area contributed by atoms with Gasteiger partial charge in [0.15, 0.2) is 0 Å². The Morgan fingerprint density at radius 3 is 1.93 bits per heavy atom. The number of rotatable bonds is 9. The van der Waals surface area contributed by atoms with E-state index in [1.165, 1.54) is 12.5 Å². The molecule has 0 heterocycles. The van der Waals surface area contributed by atoms with Crippen LogP contribution in [-0.2, 0) is 26.5 Å². The van der Waals surface area contributed by atoms with Gasteiger partial charge in [-0.1, -0.05) is 127 Å². The van der Waals surface area contributed by atoms with Crippen LogP contribution in [0.25, 0.3) is 21.5 Å². The summed E-state index contributed by atoms with van der Waals surface area (Å²) in [5, 5.41) is 8.17. The predicted molar refractivity (Wildman–Crippen MR) is 166 cm³/mol. The third kappa shape index (κ3) is 5.06. The summed E-state index contributed by atoms with van der Waals surface area (Å²) < 4.78 is 12.5. The van der Waals surface area contributed by atoms with Gasteiger partial charge < -0.3 is 14.8 Å². The maximum absolute atomic E-state index is 14.1. The summed E-state index contributed by atoms with van der Waals surface area (Å²) in [7, 11) is 1.42. The molecule has 6 aromatic carbocycles. The SMILES string of the molecule is COC(=O)[C@](OCc1cc2ccccc2c2ccccc12)(c1ccccc1)[C@@H](Nc1ccccc1)c1ccccc1. The molecule has 6 aromatic rings. The van der Waals surface area contributed by atoms with Gasteiger partial charge in [0.05, 0.1) is 19.8 Å². The first-order chi connectivity index (χ1) is 20.2. The van der Waals surface area contributed by atoms with E-state index in [1.807, 2.05) is 103 Å². The van der Waals surface area contributed by atoms with Crippen LogP contribution in [-0.4, -0.2) is 13.1 Å². The summed E-state index contributed by atoms with van der Waals surface area (Å²) in [4.78, 5) is 14.1. The minimum Gasteiger partial charge on any atom is -0.467 e. The van der Waals surface area contributed by atoms with Crippen LogP contribution in [0.5, 0.6) is 0 Å². The zero-order chi connectivity index (χ0) is 28.1. The van der Waals surface area contributed by atoms with Gasteiger partial charge in [-0.2, -0.15) is 0 Å². The molecule has 2 atom stereocenters. The minimum absolute atomic E-state index is 0.190. The van der Waals surface area contributed by atoms with Crippen LogP contribution in [0.1, 0.15) is 22.7 Å². The van der Waals surface area contributed by atoms with Crippen molar-refractivity contribution in [2.75, 3.05) is 12.4 Å². The number of benzene rings is 6. The number of ether oxygens (including phenoxy) is 2. The second kappa shape index (κ2) is 11.7. The van der Waals surface area contributed by atoms with Gasteiger partial charge in [0.1, 0.15) is 0 Å². The average molecular weight is 538 g/mol. The van der Waals surface area contributed by atoms with Crippen LogP contribution < -0.4 is 5.32 Å². The molecule has 0 unspecified atom stereocenters. The molecule has 0 spiro atoms. The van der Waals surface area contributed by atoms with Crippen molar-refractivity contribution in [1.29, 1.82) is 0 Å². The quantitative estimate of drug-likeness (QED) is 0.149. The van der Waals surface area contributed by atoms with Gasteiger partial charge in [0.2, 0.25) is 5.60 Å². The van der Waals surface area contributed by atoms with Gasteiger partial charge in [0, 0.05) is 5.69 Å². The molecule has 0 amide bonds. The highest BCUT2D eigenvalue weighted by molar-refractivity contribution is 6.08. The lowest BCUT2D eigenvalue weighted by atomic mass is 9.81. The summed E-state index contributed by atoms with van der Waals surface area (Å²) in [6, 6.07) is 47.7. The van der Waals surface area contributed by atoms with E-state index in [9.17, 15) is 4.79 Å². The molecule has 0 radical (unpaired) electrons. The Bertz CT molecular complexity index is 1770. The molecule has 0 saturated heterocycles. The first kappa shape index (κ1) is 26.3. The van der Waals surface area contributed by atoms with Crippen molar-refractivity contribution in [3.8, 4) is 0 Å². The van der Waals surface area contributed by atoms with Crippen LogP contribution >= 0.6 is 0 Å². The molecule has 0 bridgehead atoms. The van der Waals surface area contributed by atoms with Crippen molar-refractivity contribution in [2.45, 2.75) is 18.2 Å². The highest BCUT2D eigenvalue weighted by Crippen LogP contribution is 2.43. The number of carbonyl (C=O) groups excluding carboxylic acids is 1. The molecular formula is C37H31NO3. The van der Waals surface area contributed by atoms with Crippen LogP contribution in [0, 0.1) is 0 Å². The second-order valence-electron chi connectivity index (χ2n) is 10.0. The largest absolute Gasteiger partial charge is 0.467 e. The van der Waals surface area contributed by atoms with Crippen LogP contribution in [0.4, 0.5) is 5.69 Å². The number of carbonyl (C=O) groups is 1. The monoisotopic (exact) mass is 537 g/mol. The van der Waals surface area contributed by atoms with Gasteiger partial charge in [-0.3, -0.25) is 0 Å². The van der Waals surface area contributed by atoms with E-state index in [0.717, 1.165) is 33.0 Å². The second-order valence-corrected chi connectivity index (χ2v) is 10.0. The van der Waals surface area contributed by atoms with Gasteiger partial charge in [0.25, 0.3) is 0 Å². The Hall–Kier alpha value is -4.93. The maximum Gasteiger partial charge on any atom is 0.345 e. The number of nitrogens with one attached hydrogen (secondary N) is 1. The Morgan fingerprint density at radius 2 is 1.24 bits per heavy atom. The molecule has 202 valence electrons. The lowest BCUT2D eigenvalue weighted by Crippen LogP contribution is -2.48. The van der Waals surface area contributed by atoms with E-state index >= 15 is 0 Å². The lowest BCUT2D eigenvalue weighted by Gasteiger charge is -2.40. The summed E-state index contributed by atoms with van der Waals surface area (Å²) in [5.74, 6) is -0.480. The number of hydrogen-bond acceptors (Lipinski definition) is 4. The van der Waals surface area contributed by atoms with E-state index < -0.39 is 17.6 Å². The minimum atomic E-state index is -1.51. The summed E-state index contributed by atoms with van der Waals surface area (Å²) in [6.07, 6.45) is 0. The van der Waals surface area contributed by atoms with Gasteiger partial charge in [-0.05, 0) is 56.4 Å². The fraction of sp³-hybridized carbons (Fsp3) is 0.108. The van der Waals surface area contributed by atoms with Crippen molar-refractivity contribution >= 4 is 33.2 Å². The van der Waals surface area contributed by atoms with Crippen LogP contribution in [0.15, 0.2) is 146 Å². The van der Waals surface area contributed by atoms with E-state index in [2.05, 4.69) is 47.8 Å². The third-order valence-electron chi connectivity index (χ3n) is 7.62. The molecule has 0 aliphatic heterocycles. The molecule has 4 heteroatoms. The number of fused-ring (bicyclic) bond motifs is 3. The number of para-hydroxylation sites is 1. The molecular weight excluding hydrogens is 506 g/mol. The van der Waals surface area contributed by atoms with Gasteiger partial charge in [-0.25, -0.2) is 4.79 Å². The predicted octanol–water partition coefficient (Wildman–Crippen LogP) is 8.43. The molecule has 1 N–H and O–H groups in total. The van der Waals surface area contributed by atoms with E-state index in [-0.39, 0.29) is 6.61 Å². The van der Waals surface area contributed by atoms with Crippen LogP contribution in [0.2, 0.25) is 0 Å². The highest BCUT2D eigenvalue weighted by Gasteiger charge is 2.51. The van der Waals surface area contributed by atoms with E-state index in [4.69, 9.17) is 9.47 Å². The number of esters is 1. The molecule has 4 nitrogen and oxygen atoms in total. The highest BCUT2D eigenvalue weighted by atomic mass is 16.6.